The molecule has 0 unspecified atom stereocenters. The predicted molar refractivity (Wildman–Crippen MR) is 194 cm³/mol. The molecule has 0 aliphatic carbocycles. The lowest BCUT2D eigenvalue weighted by atomic mass is 9.76. The van der Waals surface area contributed by atoms with Crippen molar-refractivity contribution in [2.24, 2.45) is 17.8 Å². The van der Waals surface area contributed by atoms with Crippen LogP contribution in [0.3, 0.4) is 0 Å². The fraction of sp³-hybridized carbons (Fsp3) is 0.692. The summed E-state index contributed by atoms with van der Waals surface area (Å²) in [6.07, 6.45) is -0.675. The van der Waals surface area contributed by atoms with E-state index in [9.17, 15) is 28.8 Å². The highest BCUT2D eigenvalue weighted by molar-refractivity contribution is 6.00. The minimum atomic E-state index is -1.77. The Balaban J connectivity index is 2.22. The van der Waals surface area contributed by atoms with Crippen molar-refractivity contribution in [3.05, 3.63) is 36.2 Å². The van der Waals surface area contributed by atoms with Gasteiger partial charge in [0.1, 0.15) is 18.6 Å². The molecular formula is C39H58N2O13. The molecule has 15 heteroatoms. The smallest absolute Gasteiger partial charge is 0.418 e. The summed E-state index contributed by atoms with van der Waals surface area (Å²) in [6, 6.07) is 2.94. The number of likely N-dealkylation sites (N-methyl/N-ethyl adjacent to an activating group) is 1. The molecule has 0 amide bonds. The summed E-state index contributed by atoms with van der Waals surface area (Å²) in [5.41, 5.74) is -3.19. The van der Waals surface area contributed by atoms with E-state index in [1.807, 2.05) is 25.9 Å². The van der Waals surface area contributed by atoms with Crippen LogP contribution in [0.2, 0.25) is 0 Å². The van der Waals surface area contributed by atoms with Crippen molar-refractivity contribution in [3.8, 4) is 0 Å². The molecule has 302 valence electrons. The molecule has 0 saturated carbocycles. The average molecular weight is 763 g/mol. The minimum absolute atomic E-state index is 0.0201. The highest BCUT2D eigenvalue weighted by Crippen LogP contribution is 2.38. The third-order valence-electron chi connectivity index (χ3n) is 10.3. The number of rotatable bonds is 9. The summed E-state index contributed by atoms with van der Waals surface area (Å²) >= 11 is 0. The van der Waals surface area contributed by atoms with Crippen LogP contribution >= 0.6 is 0 Å². The van der Waals surface area contributed by atoms with E-state index in [-0.39, 0.29) is 30.6 Å². The maximum absolute atomic E-state index is 14.5. The maximum Gasteiger partial charge on any atom is 0.418 e. The first-order chi connectivity index (χ1) is 25.2. The largest absolute Gasteiger partial charge is 0.461 e. The number of hydrogen-bond acceptors (Lipinski definition) is 14. The van der Waals surface area contributed by atoms with E-state index < -0.39 is 95.7 Å². The molecule has 54 heavy (non-hydrogen) atoms. The van der Waals surface area contributed by atoms with Gasteiger partial charge in [0.25, 0.3) is 0 Å². The van der Waals surface area contributed by atoms with Crippen LogP contribution in [-0.4, -0.2) is 121 Å². The number of ketones is 2. The quantitative estimate of drug-likeness (QED) is 0.198. The first-order valence-corrected chi connectivity index (χ1v) is 18.4. The molecule has 0 radical (unpaired) electrons. The number of Topliss-reactive ketones (excluding diaryl/α,β-unsaturated/α-hetero) is 2. The lowest BCUT2D eigenvalue weighted by Gasteiger charge is -2.47. The van der Waals surface area contributed by atoms with Crippen LogP contribution in [-0.2, 0) is 57.1 Å². The molecule has 1 aromatic heterocycles. The van der Waals surface area contributed by atoms with Gasteiger partial charge in [0.05, 0.1) is 23.9 Å². The zero-order valence-corrected chi connectivity index (χ0v) is 33.6. The SMILES string of the molecule is CC[C@H]1OC(=O)[C@H](C)C(=O)[C@H](C)[C@@H](O[C@@H]2O[C@H](C)C[C@H](N(C)C)[C@H]2OC(C)=O)[C@@](C)(OC)C[C@@H](C)C(=O)/C(COC(C)=O)=C/[C@]1(C)OC(=O)n1cccc1. The van der Waals surface area contributed by atoms with E-state index in [1.165, 1.54) is 57.8 Å². The lowest BCUT2D eigenvalue weighted by molar-refractivity contribution is -0.297. The van der Waals surface area contributed by atoms with Crippen molar-refractivity contribution < 1.29 is 61.9 Å². The topological polar surface area (TPSA) is 175 Å². The third kappa shape index (κ3) is 10.6. The van der Waals surface area contributed by atoms with Crippen LogP contribution < -0.4 is 0 Å². The molecule has 3 heterocycles. The lowest BCUT2D eigenvalue weighted by Crippen LogP contribution is -2.60. The van der Waals surface area contributed by atoms with Gasteiger partial charge in [-0.25, -0.2) is 4.79 Å². The summed E-state index contributed by atoms with van der Waals surface area (Å²) in [5.74, 6) is -6.40. The van der Waals surface area contributed by atoms with Crippen molar-refractivity contribution >= 4 is 35.6 Å². The molecule has 0 spiro atoms. The Hall–Kier alpha value is -3.92. The first-order valence-electron chi connectivity index (χ1n) is 18.4. The summed E-state index contributed by atoms with van der Waals surface area (Å²) in [5, 5.41) is 0. The van der Waals surface area contributed by atoms with E-state index in [0.717, 1.165) is 0 Å². The molecule has 1 saturated heterocycles. The number of carbonyl (C=O) groups is 6. The second kappa shape index (κ2) is 18.6. The zero-order chi connectivity index (χ0) is 40.7. The van der Waals surface area contributed by atoms with E-state index in [0.29, 0.717) is 6.42 Å². The Labute approximate surface area is 317 Å². The number of ether oxygens (including phenoxy) is 7. The van der Waals surface area contributed by atoms with Gasteiger partial charge in [0.2, 0.25) is 0 Å². The van der Waals surface area contributed by atoms with E-state index in [1.54, 1.807) is 39.8 Å². The number of carbonyl (C=O) groups excluding carboxylic acids is 6. The molecule has 0 bridgehead atoms. The van der Waals surface area contributed by atoms with Gasteiger partial charge < -0.3 is 38.1 Å². The Kier molecular flexibility index (Phi) is 15.3. The van der Waals surface area contributed by atoms with Crippen LogP contribution in [0.5, 0.6) is 0 Å². The molecule has 1 fully saturated rings. The van der Waals surface area contributed by atoms with Crippen molar-refractivity contribution in [1.29, 1.82) is 0 Å². The number of hydrogen-bond donors (Lipinski definition) is 0. The highest BCUT2D eigenvalue weighted by Gasteiger charge is 2.51. The van der Waals surface area contributed by atoms with Gasteiger partial charge in [-0.1, -0.05) is 20.8 Å². The first kappa shape index (κ1) is 44.5. The molecule has 15 nitrogen and oxygen atoms in total. The summed E-state index contributed by atoms with van der Waals surface area (Å²) < 4.78 is 43.2. The highest BCUT2D eigenvalue weighted by atomic mass is 16.7. The molecular weight excluding hydrogens is 704 g/mol. The molecule has 2 aliphatic rings. The molecule has 1 aromatic rings. The van der Waals surface area contributed by atoms with Gasteiger partial charge in [-0.05, 0) is 79.3 Å². The van der Waals surface area contributed by atoms with Crippen LogP contribution in [0.4, 0.5) is 4.79 Å². The Morgan fingerprint density at radius 1 is 1.00 bits per heavy atom. The number of methoxy groups -OCH3 is 1. The minimum Gasteiger partial charge on any atom is -0.461 e. The maximum atomic E-state index is 14.5. The number of cyclic esters (lactones) is 1. The normalized spacial score (nSPS) is 35.3. The van der Waals surface area contributed by atoms with Crippen LogP contribution in [0.15, 0.2) is 36.2 Å². The summed E-state index contributed by atoms with van der Waals surface area (Å²) in [6.45, 7) is 13.4. The van der Waals surface area contributed by atoms with E-state index >= 15 is 0 Å². The van der Waals surface area contributed by atoms with Gasteiger partial charge in [-0.2, -0.15) is 0 Å². The second-order valence-corrected chi connectivity index (χ2v) is 15.0. The van der Waals surface area contributed by atoms with Crippen molar-refractivity contribution in [3.63, 3.8) is 0 Å². The fourth-order valence-electron chi connectivity index (χ4n) is 7.33. The summed E-state index contributed by atoms with van der Waals surface area (Å²) in [4.78, 5) is 82.3. The monoisotopic (exact) mass is 762 g/mol. The Morgan fingerprint density at radius 2 is 1.63 bits per heavy atom. The summed E-state index contributed by atoms with van der Waals surface area (Å²) in [7, 11) is 5.11. The third-order valence-corrected chi connectivity index (χ3v) is 10.3. The fourth-order valence-corrected chi connectivity index (χ4v) is 7.33. The number of nitrogens with zero attached hydrogens (tertiary/aromatic N) is 2. The molecule has 11 atom stereocenters. The molecule has 3 rings (SSSR count). The van der Waals surface area contributed by atoms with Crippen LogP contribution in [0, 0.1) is 17.8 Å². The average Bonchev–Trinajstić information content (AvgIpc) is 3.65. The van der Waals surface area contributed by atoms with Gasteiger partial charge in [0, 0.05) is 50.8 Å². The van der Waals surface area contributed by atoms with Gasteiger partial charge in [-0.15, -0.1) is 0 Å². The van der Waals surface area contributed by atoms with E-state index in [2.05, 4.69) is 0 Å². The van der Waals surface area contributed by atoms with Crippen LogP contribution in [0.25, 0.3) is 0 Å². The van der Waals surface area contributed by atoms with Gasteiger partial charge in [0.15, 0.2) is 29.6 Å². The van der Waals surface area contributed by atoms with Gasteiger partial charge >= 0.3 is 24.0 Å². The van der Waals surface area contributed by atoms with E-state index in [4.69, 9.17) is 33.2 Å². The van der Waals surface area contributed by atoms with Crippen molar-refractivity contribution in [2.75, 3.05) is 27.8 Å². The predicted octanol–water partition coefficient (Wildman–Crippen LogP) is 4.28. The zero-order valence-electron chi connectivity index (χ0n) is 33.6. The van der Waals surface area contributed by atoms with Crippen molar-refractivity contribution in [2.45, 2.75) is 130 Å². The number of esters is 3. The van der Waals surface area contributed by atoms with Crippen LogP contribution in [0.1, 0.15) is 81.6 Å². The Bertz CT molecular complexity index is 1540. The molecule has 2 aliphatic heterocycles. The van der Waals surface area contributed by atoms with Crippen molar-refractivity contribution in [1.82, 2.24) is 9.47 Å². The molecule has 0 aromatic carbocycles. The number of aromatic nitrogens is 1. The van der Waals surface area contributed by atoms with Gasteiger partial charge in [-0.3, -0.25) is 28.5 Å². The Morgan fingerprint density at radius 3 is 2.17 bits per heavy atom. The second-order valence-electron chi connectivity index (χ2n) is 15.0. The molecule has 0 N–H and O–H groups in total. The standard InChI is InChI=1S/C39H58N2O13/c1-13-30-38(8,54-37(47)41-16-14-15-17-41)20-28(21-49-26(6)42)31(44)22(2)19-39(9,48-12)34(24(4)32(45)25(5)35(46)52-30)53-36-33(51-27(7)43)29(40(10)11)18-23(3)50-36/h14-17,20,22-25,29-30,33-34,36H,13,18-19,21H2,1-12H3/b28-20+/t22-,23-,24+,25-,29+,30-,33-,34-,36+,38+,39+/m1/s1.